The number of amides is 1. The van der Waals surface area contributed by atoms with Crippen LogP contribution in [0, 0.1) is 11.8 Å². The maximum atomic E-state index is 13.5. The number of hydrogen-bond donors (Lipinski definition) is 0. The fraction of sp³-hybridized carbons (Fsp3) is 0.900. The number of likely N-dealkylation sites (tertiary alicyclic amines) is 1. The third-order valence-corrected chi connectivity index (χ3v) is 2.89. The molecule has 76 valence electrons. The molecule has 1 rings (SSSR count). The molecule has 0 bridgehead atoms. The largest absolute Gasteiger partial charge is 0.340 e. The molecule has 1 heterocycles. The van der Waals surface area contributed by atoms with Crippen molar-refractivity contribution in [2.45, 2.75) is 33.4 Å². The molecule has 1 amide bonds. The van der Waals surface area contributed by atoms with Gasteiger partial charge in [0.05, 0.1) is 6.54 Å². The van der Waals surface area contributed by atoms with E-state index in [1.807, 2.05) is 13.8 Å². The summed E-state index contributed by atoms with van der Waals surface area (Å²) in [6.45, 7) is 6.60. The van der Waals surface area contributed by atoms with E-state index in [4.69, 9.17) is 0 Å². The van der Waals surface area contributed by atoms with Crippen LogP contribution in [0.5, 0.6) is 0 Å². The smallest absolute Gasteiger partial charge is 0.219 e. The van der Waals surface area contributed by atoms with Crippen molar-refractivity contribution in [3.05, 3.63) is 0 Å². The third kappa shape index (κ3) is 2.42. The van der Waals surface area contributed by atoms with Gasteiger partial charge in [-0.2, -0.15) is 0 Å². The Hall–Kier alpha value is -0.600. The fourth-order valence-corrected chi connectivity index (χ4v) is 1.96. The average Bonchev–Trinajstić information content (AvgIpc) is 2.03. The lowest BCUT2D eigenvalue weighted by molar-refractivity contribution is -0.132. The highest BCUT2D eigenvalue weighted by Gasteiger charge is 2.31. The molecule has 0 radical (unpaired) electrons. The summed E-state index contributed by atoms with van der Waals surface area (Å²) in [4.78, 5) is 12.6. The molecule has 0 aromatic rings. The monoisotopic (exact) mass is 187 g/mol. The second kappa shape index (κ2) is 4.07. The average molecular weight is 187 g/mol. The number of halogens is 1. The van der Waals surface area contributed by atoms with Gasteiger partial charge in [0, 0.05) is 13.5 Å². The first kappa shape index (κ1) is 10.5. The van der Waals surface area contributed by atoms with E-state index >= 15 is 0 Å². The Balaban J connectivity index is 2.51. The molecule has 0 aromatic heterocycles. The lowest BCUT2D eigenvalue weighted by Gasteiger charge is -2.36. The van der Waals surface area contributed by atoms with E-state index < -0.39 is 6.17 Å². The zero-order chi connectivity index (χ0) is 10.0. The van der Waals surface area contributed by atoms with Crippen LogP contribution in [-0.4, -0.2) is 30.1 Å². The van der Waals surface area contributed by atoms with Crippen LogP contribution in [0.3, 0.4) is 0 Å². The van der Waals surface area contributed by atoms with Gasteiger partial charge in [0.15, 0.2) is 0 Å². The molecule has 0 N–H and O–H groups in total. The van der Waals surface area contributed by atoms with Crippen LogP contribution in [0.2, 0.25) is 0 Å². The number of piperidine rings is 1. The molecule has 0 aliphatic carbocycles. The van der Waals surface area contributed by atoms with E-state index in [-0.39, 0.29) is 18.4 Å². The van der Waals surface area contributed by atoms with E-state index in [1.165, 1.54) is 6.92 Å². The van der Waals surface area contributed by atoms with Gasteiger partial charge in [0.1, 0.15) is 6.17 Å². The Morgan fingerprint density at radius 1 is 1.54 bits per heavy atom. The summed E-state index contributed by atoms with van der Waals surface area (Å²) in [6, 6.07) is 0. The van der Waals surface area contributed by atoms with Crippen LogP contribution in [0.4, 0.5) is 4.39 Å². The van der Waals surface area contributed by atoms with Crippen LogP contribution in [-0.2, 0) is 4.79 Å². The van der Waals surface area contributed by atoms with Crippen LogP contribution < -0.4 is 0 Å². The molecule has 1 aliphatic rings. The molecule has 0 unspecified atom stereocenters. The predicted octanol–water partition coefficient (Wildman–Crippen LogP) is 1.85. The maximum Gasteiger partial charge on any atom is 0.219 e. The van der Waals surface area contributed by atoms with E-state index in [1.54, 1.807) is 4.90 Å². The van der Waals surface area contributed by atoms with Crippen LogP contribution in [0.25, 0.3) is 0 Å². The van der Waals surface area contributed by atoms with Gasteiger partial charge in [-0.1, -0.05) is 13.8 Å². The Bertz CT molecular complexity index is 193. The molecule has 3 heteroatoms. The summed E-state index contributed by atoms with van der Waals surface area (Å²) < 4.78 is 13.5. The number of nitrogens with zero attached hydrogens (tertiary/aromatic N) is 1. The molecule has 0 spiro atoms. The summed E-state index contributed by atoms with van der Waals surface area (Å²) in [5.41, 5.74) is 0. The van der Waals surface area contributed by atoms with Crippen LogP contribution >= 0.6 is 0 Å². The minimum absolute atomic E-state index is 0.00939. The molecular formula is C10H18FNO. The van der Waals surface area contributed by atoms with Crippen molar-refractivity contribution in [3.8, 4) is 0 Å². The van der Waals surface area contributed by atoms with Crippen molar-refractivity contribution in [2.75, 3.05) is 13.1 Å². The lowest BCUT2D eigenvalue weighted by Crippen LogP contribution is -2.45. The first-order valence-electron chi connectivity index (χ1n) is 4.92. The van der Waals surface area contributed by atoms with Crippen molar-refractivity contribution >= 4 is 5.91 Å². The molecule has 0 aromatic carbocycles. The number of carbonyl (C=O) groups excluding carboxylic acids is 1. The number of alkyl halides is 1. The quantitative estimate of drug-likeness (QED) is 0.613. The summed E-state index contributed by atoms with van der Waals surface area (Å²) in [5, 5.41) is 0. The normalized spacial score (nSPS) is 29.5. The summed E-state index contributed by atoms with van der Waals surface area (Å²) >= 11 is 0. The molecule has 0 saturated carbocycles. The van der Waals surface area contributed by atoms with Crippen molar-refractivity contribution in [1.82, 2.24) is 4.90 Å². The topological polar surface area (TPSA) is 20.3 Å². The lowest BCUT2D eigenvalue weighted by atomic mass is 9.85. The number of rotatable bonds is 1. The van der Waals surface area contributed by atoms with Crippen molar-refractivity contribution < 1.29 is 9.18 Å². The summed E-state index contributed by atoms with van der Waals surface area (Å²) in [5.74, 6) is 0.504. The minimum atomic E-state index is -0.836. The standard InChI is InChI=1S/C10H18FNO/c1-7(2)9-4-5-12(8(3)13)6-10(9)11/h7,9-10H,4-6H2,1-3H3/t9-,10-/m1/s1. The highest BCUT2D eigenvalue weighted by Crippen LogP contribution is 2.27. The van der Waals surface area contributed by atoms with Crippen LogP contribution in [0.1, 0.15) is 27.2 Å². The summed E-state index contributed by atoms with van der Waals surface area (Å²) in [6.07, 6.45) is -0.0315. The van der Waals surface area contributed by atoms with Gasteiger partial charge in [-0.15, -0.1) is 0 Å². The van der Waals surface area contributed by atoms with Gasteiger partial charge in [0.25, 0.3) is 0 Å². The van der Waals surface area contributed by atoms with Crippen molar-refractivity contribution in [2.24, 2.45) is 11.8 Å². The zero-order valence-electron chi connectivity index (χ0n) is 8.59. The Morgan fingerprint density at radius 3 is 2.54 bits per heavy atom. The first-order chi connectivity index (χ1) is 6.02. The molecule has 2 atom stereocenters. The number of hydrogen-bond acceptors (Lipinski definition) is 1. The SMILES string of the molecule is CC(=O)N1CC[C@H](C(C)C)[C@H](F)C1. The molecular weight excluding hydrogens is 169 g/mol. The van der Waals surface area contributed by atoms with Crippen molar-refractivity contribution in [1.29, 1.82) is 0 Å². The fourth-order valence-electron chi connectivity index (χ4n) is 1.96. The predicted molar refractivity (Wildman–Crippen MR) is 50.1 cm³/mol. The molecule has 2 nitrogen and oxygen atoms in total. The van der Waals surface area contributed by atoms with Gasteiger partial charge >= 0.3 is 0 Å². The molecule has 1 saturated heterocycles. The minimum Gasteiger partial charge on any atom is -0.340 e. The second-order valence-electron chi connectivity index (χ2n) is 4.18. The van der Waals surface area contributed by atoms with Gasteiger partial charge in [0.2, 0.25) is 5.91 Å². The van der Waals surface area contributed by atoms with Gasteiger partial charge in [-0.05, 0) is 18.3 Å². The van der Waals surface area contributed by atoms with Gasteiger partial charge in [-0.25, -0.2) is 4.39 Å². The van der Waals surface area contributed by atoms with Gasteiger partial charge in [-0.3, -0.25) is 4.79 Å². The van der Waals surface area contributed by atoms with Gasteiger partial charge < -0.3 is 4.90 Å². The maximum absolute atomic E-state index is 13.5. The highest BCUT2D eigenvalue weighted by atomic mass is 19.1. The van der Waals surface area contributed by atoms with Crippen LogP contribution in [0.15, 0.2) is 0 Å². The Labute approximate surface area is 79.1 Å². The second-order valence-corrected chi connectivity index (χ2v) is 4.18. The molecule has 1 fully saturated rings. The van der Waals surface area contributed by atoms with E-state index in [9.17, 15) is 9.18 Å². The van der Waals surface area contributed by atoms with E-state index in [0.717, 1.165) is 13.0 Å². The Kier molecular flexibility index (Phi) is 3.28. The summed E-state index contributed by atoms with van der Waals surface area (Å²) in [7, 11) is 0. The van der Waals surface area contributed by atoms with Crippen molar-refractivity contribution in [3.63, 3.8) is 0 Å². The number of carbonyl (C=O) groups is 1. The van der Waals surface area contributed by atoms with E-state index in [0.29, 0.717) is 5.92 Å². The first-order valence-corrected chi connectivity index (χ1v) is 4.92. The van der Waals surface area contributed by atoms with E-state index in [2.05, 4.69) is 0 Å². The molecule has 13 heavy (non-hydrogen) atoms. The molecule has 1 aliphatic heterocycles. The highest BCUT2D eigenvalue weighted by molar-refractivity contribution is 5.73. The Morgan fingerprint density at radius 2 is 2.15 bits per heavy atom. The third-order valence-electron chi connectivity index (χ3n) is 2.89. The zero-order valence-corrected chi connectivity index (χ0v) is 8.59.